The van der Waals surface area contributed by atoms with Crippen molar-refractivity contribution in [2.45, 2.75) is 25.3 Å². The molecule has 2 N–H and O–H groups in total. The van der Waals surface area contributed by atoms with Crippen molar-refractivity contribution in [3.05, 3.63) is 54.1 Å². The van der Waals surface area contributed by atoms with Gasteiger partial charge in [-0.2, -0.15) is 5.10 Å². The van der Waals surface area contributed by atoms with Crippen molar-refractivity contribution >= 4 is 29.8 Å². The highest BCUT2D eigenvalue weighted by atomic mass is 31.2. The summed E-state index contributed by atoms with van der Waals surface area (Å²) in [5.41, 5.74) is 1.90. The molecule has 160 valence electrons. The Hall–Kier alpha value is -2.94. The number of carbonyl (C=O) groups is 1. The first-order chi connectivity index (χ1) is 14.5. The molecular formula is C18H21B2N4O6P. The SMILES string of the molecule is BC(B)(Oc1cccc(OP(=O)(O)O)c1C=O)c1cncnc1-c1ccnn1C(C)C. The van der Waals surface area contributed by atoms with E-state index in [1.54, 1.807) is 28.1 Å². The van der Waals surface area contributed by atoms with Crippen LogP contribution in [0.5, 0.6) is 11.5 Å². The number of aldehydes is 1. The smallest absolute Gasteiger partial charge is 0.500 e. The van der Waals surface area contributed by atoms with Crippen LogP contribution in [0.3, 0.4) is 0 Å². The molecule has 3 rings (SSSR count). The van der Waals surface area contributed by atoms with Crippen molar-refractivity contribution in [3.63, 3.8) is 0 Å². The summed E-state index contributed by atoms with van der Waals surface area (Å²) < 4.78 is 23.8. The maximum atomic E-state index is 11.7. The molecule has 0 aliphatic carbocycles. The van der Waals surface area contributed by atoms with Gasteiger partial charge >= 0.3 is 7.82 Å². The summed E-state index contributed by atoms with van der Waals surface area (Å²) in [5, 5.41) is 3.32. The number of hydrogen-bond donors (Lipinski definition) is 2. The quantitative estimate of drug-likeness (QED) is 0.293. The molecule has 0 spiro atoms. The van der Waals surface area contributed by atoms with Crippen molar-refractivity contribution in [3.8, 4) is 22.9 Å². The second-order valence-corrected chi connectivity index (χ2v) is 8.68. The number of rotatable bonds is 8. The van der Waals surface area contributed by atoms with Crippen LogP contribution in [0.25, 0.3) is 11.4 Å². The van der Waals surface area contributed by atoms with E-state index in [4.69, 9.17) is 14.5 Å². The number of aromatic nitrogens is 4. The summed E-state index contributed by atoms with van der Waals surface area (Å²) in [6, 6.07) is 6.20. The minimum atomic E-state index is -4.86. The first-order valence-electron chi connectivity index (χ1n) is 9.40. The molecule has 0 saturated carbocycles. The van der Waals surface area contributed by atoms with Gasteiger partial charge in [0, 0.05) is 24.0 Å². The highest BCUT2D eigenvalue weighted by Gasteiger charge is 2.30. The van der Waals surface area contributed by atoms with Gasteiger partial charge < -0.3 is 9.26 Å². The molecule has 0 amide bonds. The van der Waals surface area contributed by atoms with Gasteiger partial charge in [0.05, 0.1) is 22.4 Å². The monoisotopic (exact) mass is 442 g/mol. The van der Waals surface area contributed by atoms with Crippen LogP contribution in [-0.2, 0) is 9.96 Å². The van der Waals surface area contributed by atoms with E-state index in [0.29, 0.717) is 17.5 Å². The van der Waals surface area contributed by atoms with Gasteiger partial charge in [0.15, 0.2) is 22.0 Å². The highest BCUT2D eigenvalue weighted by molar-refractivity contribution is 7.46. The fourth-order valence-electron chi connectivity index (χ4n) is 3.15. The predicted molar refractivity (Wildman–Crippen MR) is 118 cm³/mol. The number of benzene rings is 1. The minimum absolute atomic E-state index is 0.0955. The van der Waals surface area contributed by atoms with Crippen LogP contribution in [0, 0.1) is 0 Å². The predicted octanol–water partition coefficient (Wildman–Crippen LogP) is 0.660. The van der Waals surface area contributed by atoms with E-state index in [0.717, 1.165) is 5.69 Å². The fourth-order valence-corrected chi connectivity index (χ4v) is 3.57. The normalized spacial score (nSPS) is 12.0. The third kappa shape index (κ3) is 5.04. The zero-order valence-electron chi connectivity index (χ0n) is 17.5. The van der Waals surface area contributed by atoms with Crippen molar-refractivity contribution in [1.82, 2.24) is 19.7 Å². The van der Waals surface area contributed by atoms with Crippen LogP contribution in [0.1, 0.15) is 35.8 Å². The lowest BCUT2D eigenvalue weighted by Gasteiger charge is -2.30. The molecule has 10 nitrogen and oxygen atoms in total. The van der Waals surface area contributed by atoms with Crippen LogP contribution in [-0.4, -0.2) is 51.5 Å². The van der Waals surface area contributed by atoms with Gasteiger partial charge in [-0.1, -0.05) is 6.07 Å². The molecular weight excluding hydrogens is 421 g/mol. The zero-order valence-corrected chi connectivity index (χ0v) is 18.4. The van der Waals surface area contributed by atoms with Gasteiger partial charge in [-0.3, -0.25) is 19.3 Å². The second kappa shape index (κ2) is 8.66. The summed E-state index contributed by atoms with van der Waals surface area (Å²) in [4.78, 5) is 38.5. The molecule has 0 unspecified atom stereocenters. The lowest BCUT2D eigenvalue weighted by Crippen LogP contribution is -2.35. The highest BCUT2D eigenvalue weighted by Crippen LogP contribution is 2.41. The molecule has 3 aromatic rings. The zero-order chi connectivity index (χ0) is 22.8. The van der Waals surface area contributed by atoms with E-state index < -0.39 is 13.2 Å². The van der Waals surface area contributed by atoms with E-state index >= 15 is 0 Å². The molecule has 0 radical (unpaired) electrons. The summed E-state index contributed by atoms with van der Waals surface area (Å²) in [6.45, 7) is 4.00. The number of nitrogens with zero attached hydrogens (tertiary/aromatic N) is 4. The first-order valence-corrected chi connectivity index (χ1v) is 10.9. The standard InChI is InChI=1S/C18H21B2N4O6P/c1-11(2)24-14(6-7-23-24)17-13(8-21-10-22-17)18(19,20)29-15-4-3-5-16(12(15)9-25)30-31(26,27)28/h3-11H,19-20H2,1-2H3,(H2,26,27,28). The number of carbonyl (C=O) groups excluding carboxylic acids is 1. The summed E-state index contributed by atoms with van der Waals surface area (Å²) >= 11 is 0. The lowest BCUT2D eigenvalue weighted by molar-refractivity contribution is 0.111. The van der Waals surface area contributed by atoms with Gasteiger partial charge in [0.25, 0.3) is 0 Å². The Labute approximate surface area is 180 Å². The number of phosphoric ester groups is 1. The summed E-state index contributed by atoms with van der Waals surface area (Å²) in [6.07, 6.45) is 5.16. The van der Waals surface area contributed by atoms with Gasteiger partial charge in [-0.05, 0) is 32.0 Å². The second-order valence-electron chi connectivity index (χ2n) is 7.52. The van der Waals surface area contributed by atoms with Crippen LogP contribution in [0.2, 0.25) is 0 Å². The third-order valence-corrected chi connectivity index (χ3v) is 4.92. The molecule has 2 aromatic heterocycles. The molecule has 0 saturated heterocycles. The van der Waals surface area contributed by atoms with E-state index in [-0.39, 0.29) is 23.1 Å². The Bertz CT molecular complexity index is 1150. The molecule has 0 aliphatic heterocycles. The molecule has 0 atom stereocenters. The van der Waals surface area contributed by atoms with Crippen LogP contribution >= 0.6 is 7.82 Å². The maximum absolute atomic E-state index is 11.7. The third-order valence-electron chi connectivity index (χ3n) is 4.49. The molecule has 13 heteroatoms. The Morgan fingerprint density at radius 2 is 1.94 bits per heavy atom. The van der Waals surface area contributed by atoms with E-state index in [2.05, 4.69) is 19.6 Å². The summed E-state index contributed by atoms with van der Waals surface area (Å²) in [5.74, 6) is -0.183. The number of hydrogen-bond acceptors (Lipinski definition) is 7. The maximum Gasteiger partial charge on any atom is 0.524 e. The molecule has 31 heavy (non-hydrogen) atoms. The van der Waals surface area contributed by atoms with Gasteiger partial charge in [0.1, 0.15) is 17.8 Å². The van der Waals surface area contributed by atoms with Crippen LogP contribution < -0.4 is 9.26 Å². The number of ether oxygens (including phenoxy) is 1. The number of phosphoric acid groups is 1. The molecule has 2 heterocycles. The Balaban J connectivity index is 2.05. The largest absolute Gasteiger partial charge is 0.524 e. The van der Waals surface area contributed by atoms with Crippen LogP contribution in [0.15, 0.2) is 43.0 Å². The van der Waals surface area contributed by atoms with Crippen LogP contribution in [0.4, 0.5) is 0 Å². The lowest BCUT2D eigenvalue weighted by atomic mass is 9.60. The molecule has 0 bridgehead atoms. The summed E-state index contributed by atoms with van der Waals surface area (Å²) in [7, 11) is -1.31. The molecule has 0 aliphatic rings. The minimum Gasteiger partial charge on any atom is -0.500 e. The van der Waals surface area contributed by atoms with E-state index in [1.165, 1.54) is 24.5 Å². The van der Waals surface area contributed by atoms with Crippen molar-refractivity contribution in [2.75, 3.05) is 0 Å². The molecule has 1 aromatic carbocycles. The first kappa shape index (κ1) is 22.7. The van der Waals surface area contributed by atoms with Crippen molar-refractivity contribution in [2.24, 2.45) is 0 Å². The van der Waals surface area contributed by atoms with Gasteiger partial charge in [0.2, 0.25) is 0 Å². The topological polar surface area (TPSA) is 137 Å². The fraction of sp³-hybridized carbons (Fsp3) is 0.222. The average molecular weight is 442 g/mol. The average Bonchev–Trinajstić information content (AvgIpc) is 3.17. The van der Waals surface area contributed by atoms with E-state index in [1.807, 2.05) is 24.6 Å². The Morgan fingerprint density at radius 1 is 1.23 bits per heavy atom. The van der Waals surface area contributed by atoms with Gasteiger partial charge in [-0.25, -0.2) is 14.5 Å². The van der Waals surface area contributed by atoms with Crippen molar-refractivity contribution < 1.29 is 28.4 Å². The van der Waals surface area contributed by atoms with E-state index in [9.17, 15) is 9.36 Å². The van der Waals surface area contributed by atoms with Gasteiger partial charge in [-0.15, -0.1) is 0 Å². The Morgan fingerprint density at radius 3 is 2.58 bits per heavy atom. The Kier molecular flexibility index (Phi) is 6.35. The van der Waals surface area contributed by atoms with Crippen molar-refractivity contribution in [1.29, 1.82) is 0 Å². The molecule has 0 fully saturated rings.